The Hall–Kier alpha value is -1.73. The van der Waals surface area contributed by atoms with Crippen LogP contribution in [0.15, 0.2) is 35.5 Å². The van der Waals surface area contributed by atoms with E-state index in [2.05, 4.69) is 17.1 Å². The van der Waals surface area contributed by atoms with Crippen LogP contribution in [0.25, 0.3) is 5.69 Å². The van der Waals surface area contributed by atoms with Crippen LogP contribution in [0, 0.1) is 0 Å². The van der Waals surface area contributed by atoms with Crippen LogP contribution in [0.1, 0.15) is 38.4 Å². The lowest BCUT2D eigenvalue weighted by molar-refractivity contribution is 0.447. The zero-order valence-electron chi connectivity index (χ0n) is 11.9. The number of nitrogens with zero attached hydrogens (tertiary/aromatic N) is 3. The molecule has 0 bridgehead atoms. The second-order valence-electron chi connectivity index (χ2n) is 5.79. The molecule has 3 rings (SSSR count). The SMILES string of the molecule is CC1(c2nnc(S(N)(=O)=O)n2-c2ccccc2)CCCC1. The fourth-order valence-electron chi connectivity index (χ4n) is 3.03. The summed E-state index contributed by atoms with van der Waals surface area (Å²) >= 11 is 0. The fourth-order valence-corrected chi connectivity index (χ4v) is 3.63. The molecular weight excluding hydrogens is 288 g/mol. The van der Waals surface area contributed by atoms with E-state index in [0.717, 1.165) is 31.4 Å². The zero-order chi connectivity index (χ0) is 15.1. The Morgan fingerprint density at radius 2 is 1.76 bits per heavy atom. The summed E-state index contributed by atoms with van der Waals surface area (Å²) in [5.74, 6) is 0.676. The van der Waals surface area contributed by atoms with Gasteiger partial charge in [-0.3, -0.25) is 4.57 Å². The average Bonchev–Trinajstić information content (AvgIpc) is 3.06. The predicted octanol–water partition coefficient (Wildman–Crippen LogP) is 1.75. The van der Waals surface area contributed by atoms with Crippen molar-refractivity contribution in [2.24, 2.45) is 5.14 Å². The summed E-state index contributed by atoms with van der Waals surface area (Å²) in [6, 6.07) is 9.24. The minimum Gasteiger partial charge on any atom is -0.268 e. The second-order valence-corrected chi connectivity index (χ2v) is 7.25. The van der Waals surface area contributed by atoms with Crippen LogP contribution in [-0.2, 0) is 15.4 Å². The van der Waals surface area contributed by atoms with Crippen molar-refractivity contribution < 1.29 is 8.42 Å². The van der Waals surface area contributed by atoms with Gasteiger partial charge in [-0.25, -0.2) is 13.6 Å². The molecule has 1 aliphatic carbocycles. The first-order valence-corrected chi connectivity index (χ1v) is 8.51. The Labute approximate surface area is 124 Å². The van der Waals surface area contributed by atoms with E-state index >= 15 is 0 Å². The molecular formula is C14H18N4O2S. The van der Waals surface area contributed by atoms with Gasteiger partial charge in [0.15, 0.2) is 0 Å². The molecule has 0 radical (unpaired) electrons. The van der Waals surface area contributed by atoms with Gasteiger partial charge in [-0.2, -0.15) is 0 Å². The highest BCUT2D eigenvalue weighted by Crippen LogP contribution is 2.40. The van der Waals surface area contributed by atoms with Crippen LogP contribution in [-0.4, -0.2) is 23.2 Å². The van der Waals surface area contributed by atoms with Crippen molar-refractivity contribution >= 4 is 10.0 Å². The molecule has 1 aromatic heterocycles. The molecule has 0 atom stereocenters. The van der Waals surface area contributed by atoms with Crippen LogP contribution in [0.5, 0.6) is 0 Å². The lowest BCUT2D eigenvalue weighted by Crippen LogP contribution is -2.25. The summed E-state index contributed by atoms with van der Waals surface area (Å²) in [5, 5.41) is 13.1. The molecule has 21 heavy (non-hydrogen) atoms. The number of para-hydroxylation sites is 1. The van der Waals surface area contributed by atoms with Crippen molar-refractivity contribution in [3.8, 4) is 5.69 Å². The highest BCUT2D eigenvalue weighted by molar-refractivity contribution is 7.89. The van der Waals surface area contributed by atoms with Gasteiger partial charge >= 0.3 is 0 Å². The molecule has 0 amide bonds. The smallest absolute Gasteiger partial charge is 0.268 e. The van der Waals surface area contributed by atoms with Crippen LogP contribution in [0.3, 0.4) is 0 Å². The number of hydrogen-bond acceptors (Lipinski definition) is 4. The molecule has 112 valence electrons. The Morgan fingerprint density at radius 3 is 2.33 bits per heavy atom. The first-order chi connectivity index (χ1) is 9.92. The van der Waals surface area contributed by atoms with Crippen LogP contribution >= 0.6 is 0 Å². The monoisotopic (exact) mass is 306 g/mol. The maximum absolute atomic E-state index is 11.8. The number of benzene rings is 1. The Morgan fingerprint density at radius 1 is 1.14 bits per heavy atom. The third kappa shape index (κ3) is 2.47. The summed E-state index contributed by atoms with van der Waals surface area (Å²) in [4.78, 5) is 0. The number of nitrogens with two attached hydrogens (primary N) is 1. The van der Waals surface area contributed by atoms with Crippen molar-refractivity contribution in [2.45, 2.75) is 43.2 Å². The molecule has 6 nitrogen and oxygen atoms in total. The van der Waals surface area contributed by atoms with Gasteiger partial charge in [0.05, 0.1) is 0 Å². The molecule has 2 N–H and O–H groups in total. The summed E-state index contributed by atoms with van der Waals surface area (Å²) in [7, 11) is -3.93. The van der Waals surface area contributed by atoms with Gasteiger partial charge < -0.3 is 0 Å². The molecule has 1 saturated carbocycles. The highest BCUT2D eigenvalue weighted by Gasteiger charge is 2.38. The van der Waals surface area contributed by atoms with Crippen molar-refractivity contribution in [1.82, 2.24) is 14.8 Å². The van der Waals surface area contributed by atoms with Crippen molar-refractivity contribution in [2.75, 3.05) is 0 Å². The van der Waals surface area contributed by atoms with Gasteiger partial charge in [0, 0.05) is 11.1 Å². The highest BCUT2D eigenvalue weighted by atomic mass is 32.2. The van der Waals surface area contributed by atoms with Crippen molar-refractivity contribution in [1.29, 1.82) is 0 Å². The van der Waals surface area contributed by atoms with E-state index in [4.69, 9.17) is 5.14 Å². The number of primary sulfonamides is 1. The second kappa shape index (κ2) is 4.92. The normalized spacial score (nSPS) is 18.0. The summed E-state index contributed by atoms with van der Waals surface area (Å²) in [6.07, 6.45) is 4.18. The number of hydrogen-bond donors (Lipinski definition) is 1. The number of rotatable bonds is 3. The first kappa shape index (κ1) is 14.2. The van der Waals surface area contributed by atoms with Crippen LogP contribution in [0.4, 0.5) is 0 Å². The van der Waals surface area contributed by atoms with E-state index in [1.54, 1.807) is 4.57 Å². The molecule has 0 spiro atoms. The van der Waals surface area contributed by atoms with E-state index < -0.39 is 10.0 Å². The van der Waals surface area contributed by atoms with Crippen LogP contribution < -0.4 is 5.14 Å². The van der Waals surface area contributed by atoms with Gasteiger partial charge in [0.25, 0.3) is 15.2 Å². The van der Waals surface area contributed by atoms with Crippen LogP contribution in [0.2, 0.25) is 0 Å². The quantitative estimate of drug-likeness (QED) is 0.935. The molecule has 1 aliphatic rings. The van der Waals surface area contributed by atoms with Gasteiger partial charge in [0.1, 0.15) is 5.82 Å². The standard InChI is InChI=1S/C14H18N4O2S/c1-14(9-5-6-10-14)12-16-17-13(21(15,19)20)18(12)11-7-3-2-4-8-11/h2-4,7-8H,5-6,9-10H2,1H3,(H2,15,19,20). The molecule has 7 heteroatoms. The summed E-state index contributed by atoms with van der Waals surface area (Å²) < 4.78 is 25.2. The average molecular weight is 306 g/mol. The van der Waals surface area contributed by atoms with E-state index in [9.17, 15) is 8.42 Å². The maximum Gasteiger partial charge on any atom is 0.274 e. The molecule has 2 aromatic rings. The fraction of sp³-hybridized carbons (Fsp3) is 0.429. The molecule has 1 fully saturated rings. The minimum absolute atomic E-state index is 0.161. The Kier molecular flexibility index (Phi) is 3.33. The topological polar surface area (TPSA) is 90.9 Å². The van der Waals surface area contributed by atoms with Gasteiger partial charge in [-0.05, 0) is 25.0 Å². The molecule has 1 aromatic carbocycles. The van der Waals surface area contributed by atoms with Gasteiger partial charge in [0.2, 0.25) is 0 Å². The summed E-state index contributed by atoms with van der Waals surface area (Å²) in [5.41, 5.74) is 0.556. The zero-order valence-corrected chi connectivity index (χ0v) is 12.7. The lowest BCUT2D eigenvalue weighted by Gasteiger charge is -2.23. The van der Waals surface area contributed by atoms with E-state index in [-0.39, 0.29) is 10.6 Å². The predicted molar refractivity (Wildman–Crippen MR) is 78.6 cm³/mol. The summed E-state index contributed by atoms with van der Waals surface area (Å²) in [6.45, 7) is 2.11. The largest absolute Gasteiger partial charge is 0.274 e. The minimum atomic E-state index is -3.93. The van der Waals surface area contributed by atoms with Crippen molar-refractivity contribution in [3.05, 3.63) is 36.2 Å². The molecule has 0 saturated heterocycles. The molecule has 1 heterocycles. The Bertz CT molecular complexity index is 747. The van der Waals surface area contributed by atoms with Gasteiger partial charge in [-0.15, -0.1) is 10.2 Å². The van der Waals surface area contributed by atoms with E-state index in [0.29, 0.717) is 5.82 Å². The lowest BCUT2D eigenvalue weighted by atomic mass is 9.88. The van der Waals surface area contributed by atoms with Gasteiger partial charge in [-0.1, -0.05) is 38.0 Å². The van der Waals surface area contributed by atoms with E-state index in [1.807, 2.05) is 30.3 Å². The van der Waals surface area contributed by atoms with E-state index in [1.165, 1.54) is 0 Å². The van der Waals surface area contributed by atoms with Crippen molar-refractivity contribution in [3.63, 3.8) is 0 Å². The third-order valence-corrected chi connectivity index (χ3v) is 4.92. The Balaban J connectivity index is 2.25. The first-order valence-electron chi connectivity index (χ1n) is 6.96. The number of sulfonamides is 1. The number of aromatic nitrogens is 3. The third-order valence-electron chi connectivity index (χ3n) is 4.15. The molecule has 0 unspecified atom stereocenters. The molecule has 0 aliphatic heterocycles. The maximum atomic E-state index is 11.8.